The highest BCUT2D eigenvalue weighted by molar-refractivity contribution is 7.76. The number of hydrogen-bond acceptors (Lipinski definition) is 2. The van der Waals surface area contributed by atoms with E-state index in [2.05, 4.69) is 103 Å². The van der Waals surface area contributed by atoms with E-state index >= 15 is 0 Å². The normalized spacial score (nSPS) is 23.7. The molecule has 6 rings (SSSR count). The molecule has 170 valence electrons. The van der Waals surface area contributed by atoms with E-state index in [9.17, 15) is 0 Å². The first-order valence-corrected chi connectivity index (χ1v) is 13.7. The number of nitrogens with zero attached hydrogens (tertiary/aromatic N) is 1. The van der Waals surface area contributed by atoms with Crippen molar-refractivity contribution in [1.29, 1.82) is 0 Å². The second kappa shape index (κ2) is 9.35. The molecule has 0 radical (unpaired) electrons. The van der Waals surface area contributed by atoms with Crippen LogP contribution in [0.4, 0.5) is 0 Å². The predicted octanol–water partition coefficient (Wildman–Crippen LogP) is 6.54. The van der Waals surface area contributed by atoms with Gasteiger partial charge in [0.05, 0.1) is 6.04 Å². The molecule has 3 aromatic carbocycles. The van der Waals surface area contributed by atoms with Crippen molar-refractivity contribution < 1.29 is 4.74 Å². The lowest BCUT2D eigenvalue weighted by Crippen LogP contribution is -2.21. The van der Waals surface area contributed by atoms with Crippen LogP contribution in [0, 0.1) is 5.41 Å². The Labute approximate surface area is 203 Å². The summed E-state index contributed by atoms with van der Waals surface area (Å²) < 4.78 is 6.16. The molecule has 0 aromatic heterocycles. The van der Waals surface area contributed by atoms with Crippen molar-refractivity contribution in [2.45, 2.75) is 38.1 Å². The highest BCUT2D eigenvalue weighted by Crippen LogP contribution is 2.61. The van der Waals surface area contributed by atoms with Crippen LogP contribution < -0.4 is 10.6 Å². The highest BCUT2D eigenvalue weighted by atomic mass is 31.1. The van der Waals surface area contributed by atoms with Crippen LogP contribution >= 0.6 is 7.92 Å². The lowest BCUT2D eigenvalue weighted by atomic mass is 9.87. The molecule has 3 aromatic rings. The minimum Gasteiger partial charge on any atom is -0.475 e. The van der Waals surface area contributed by atoms with Gasteiger partial charge in [0, 0.05) is 11.0 Å². The van der Waals surface area contributed by atoms with E-state index in [1.807, 2.05) is 0 Å². The van der Waals surface area contributed by atoms with Gasteiger partial charge in [0.1, 0.15) is 6.61 Å². The van der Waals surface area contributed by atoms with Crippen LogP contribution in [0.5, 0.6) is 0 Å². The van der Waals surface area contributed by atoms with Gasteiger partial charge in [-0.3, -0.25) is 0 Å². The fraction of sp³-hybridized carbons (Fsp3) is 0.258. The number of benzene rings is 3. The van der Waals surface area contributed by atoms with Crippen molar-refractivity contribution in [3.05, 3.63) is 120 Å². The van der Waals surface area contributed by atoms with Crippen LogP contribution in [0.15, 0.2) is 119 Å². The van der Waals surface area contributed by atoms with Gasteiger partial charge in [-0.25, -0.2) is 4.99 Å². The number of ether oxygens (including phenoxy) is 1. The third-order valence-electron chi connectivity index (χ3n) is 7.30. The molecule has 1 unspecified atom stereocenters. The maximum absolute atomic E-state index is 6.16. The molecule has 3 heteroatoms. The summed E-state index contributed by atoms with van der Waals surface area (Å²) in [5, 5.41) is 4.50. The van der Waals surface area contributed by atoms with E-state index < -0.39 is 7.92 Å². The maximum atomic E-state index is 6.16. The second-order valence-corrected chi connectivity index (χ2v) is 11.7. The topological polar surface area (TPSA) is 21.6 Å². The molecule has 2 atom stereocenters. The van der Waals surface area contributed by atoms with Crippen LogP contribution in [0.2, 0.25) is 0 Å². The Balaban J connectivity index is 1.30. The monoisotopic (exact) mass is 463 g/mol. The lowest BCUT2D eigenvalue weighted by Gasteiger charge is -2.32. The molecule has 1 spiro atoms. The van der Waals surface area contributed by atoms with Gasteiger partial charge in [-0.05, 0) is 61.5 Å². The number of rotatable bonds is 6. The highest BCUT2D eigenvalue weighted by Gasteiger charge is 2.44. The van der Waals surface area contributed by atoms with E-state index in [0.29, 0.717) is 6.61 Å². The predicted molar refractivity (Wildman–Crippen MR) is 143 cm³/mol. The molecule has 0 fully saturated rings. The average Bonchev–Trinajstić information content (AvgIpc) is 3.63. The third-order valence-corrected chi connectivity index (χ3v) is 10.0. The molecule has 3 aliphatic rings. The molecular formula is C31H30NOP. The maximum Gasteiger partial charge on any atom is 0.212 e. The fourth-order valence-corrected chi connectivity index (χ4v) is 8.52. The van der Waals surface area contributed by atoms with E-state index in [-0.39, 0.29) is 11.5 Å². The van der Waals surface area contributed by atoms with Crippen LogP contribution in [-0.4, -0.2) is 18.5 Å². The van der Waals surface area contributed by atoms with Crippen LogP contribution in [0.3, 0.4) is 0 Å². The van der Waals surface area contributed by atoms with Crippen molar-refractivity contribution in [3.63, 3.8) is 0 Å². The molecule has 2 nitrogen and oxygen atoms in total. The largest absolute Gasteiger partial charge is 0.475 e. The number of hydrogen-bond donors (Lipinski definition) is 0. The SMILES string of the molecule is C1=C(C2=N[C@@H](Cc3ccccc3)CO2)CCC12CCC=C2P(c1ccccc1)c1ccccc1. The minimum atomic E-state index is -0.549. The molecule has 1 aliphatic heterocycles. The van der Waals surface area contributed by atoms with Gasteiger partial charge in [0.15, 0.2) is 0 Å². The van der Waals surface area contributed by atoms with E-state index in [4.69, 9.17) is 9.73 Å². The number of aliphatic imine (C=N–C) groups is 1. The quantitative estimate of drug-likeness (QED) is 0.380. The summed E-state index contributed by atoms with van der Waals surface area (Å²) >= 11 is 0. The Morgan fingerprint density at radius 2 is 1.47 bits per heavy atom. The zero-order chi connectivity index (χ0) is 22.8. The Morgan fingerprint density at radius 3 is 2.15 bits per heavy atom. The Bertz CT molecular complexity index is 1190. The van der Waals surface area contributed by atoms with Gasteiger partial charge < -0.3 is 4.74 Å². The van der Waals surface area contributed by atoms with Gasteiger partial charge in [0.2, 0.25) is 5.90 Å². The Kier molecular flexibility index (Phi) is 5.93. The van der Waals surface area contributed by atoms with Crippen molar-refractivity contribution in [1.82, 2.24) is 0 Å². The molecule has 0 amide bonds. The zero-order valence-corrected chi connectivity index (χ0v) is 20.3. The van der Waals surface area contributed by atoms with Gasteiger partial charge in [-0.15, -0.1) is 0 Å². The summed E-state index contributed by atoms with van der Waals surface area (Å²) in [7, 11) is -0.549. The molecule has 1 heterocycles. The zero-order valence-electron chi connectivity index (χ0n) is 19.4. The van der Waals surface area contributed by atoms with Gasteiger partial charge in [0.25, 0.3) is 0 Å². The number of allylic oxidation sites excluding steroid dienone is 3. The van der Waals surface area contributed by atoms with Crippen LogP contribution in [0.25, 0.3) is 0 Å². The van der Waals surface area contributed by atoms with E-state index in [1.165, 1.54) is 34.6 Å². The second-order valence-electron chi connectivity index (χ2n) is 9.55. The van der Waals surface area contributed by atoms with Crippen molar-refractivity contribution in [2.24, 2.45) is 10.4 Å². The molecule has 0 N–H and O–H groups in total. The molecule has 34 heavy (non-hydrogen) atoms. The minimum absolute atomic E-state index is 0.135. The first-order chi connectivity index (χ1) is 16.8. The van der Waals surface area contributed by atoms with Gasteiger partial charge in [-0.2, -0.15) is 0 Å². The molecule has 0 saturated carbocycles. The average molecular weight is 464 g/mol. The fourth-order valence-electron chi connectivity index (χ4n) is 5.68. The first kappa shape index (κ1) is 21.6. The smallest absolute Gasteiger partial charge is 0.212 e. The van der Waals surface area contributed by atoms with Crippen molar-refractivity contribution in [3.8, 4) is 0 Å². The molecule has 0 bridgehead atoms. The summed E-state index contributed by atoms with van der Waals surface area (Å²) in [4.78, 5) is 5.02. The Morgan fingerprint density at radius 1 is 0.824 bits per heavy atom. The molecule has 0 saturated heterocycles. The van der Waals surface area contributed by atoms with Gasteiger partial charge >= 0.3 is 0 Å². The molecule has 2 aliphatic carbocycles. The van der Waals surface area contributed by atoms with Crippen molar-refractivity contribution in [2.75, 3.05) is 6.61 Å². The third kappa shape index (κ3) is 4.17. The summed E-state index contributed by atoms with van der Waals surface area (Å²) in [5.41, 5.74) is 2.78. The summed E-state index contributed by atoms with van der Waals surface area (Å²) in [6.45, 7) is 0.692. The Hall–Kier alpha value is -2.96. The summed E-state index contributed by atoms with van der Waals surface area (Å²) in [6.07, 6.45) is 10.6. The van der Waals surface area contributed by atoms with Crippen LogP contribution in [-0.2, 0) is 11.2 Å². The molecular weight excluding hydrogens is 433 g/mol. The van der Waals surface area contributed by atoms with Crippen LogP contribution in [0.1, 0.15) is 31.2 Å². The standard InChI is InChI=1S/C31H30NOP/c1-4-11-24(12-5-1)21-26-23-33-30(32-26)25-18-20-31(22-25)19-10-17-29(31)34(27-13-6-2-7-14-27)28-15-8-3-9-16-28/h1-9,11-17,22,26H,10,18-21,23H2/t26-,31?/m0/s1. The summed E-state index contributed by atoms with van der Waals surface area (Å²) in [6, 6.07) is 33.1. The van der Waals surface area contributed by atoms with Crippen molar-refractivity contribution >= 4 is 24.4 Å². The van der Waals surface area contributed by atoms with Gasteiger partial charge in [-0.1, -0.05) is 103 Å². The lowest BCUT2D eigenvalue weighted by molar-refractivity contribution is 0.316. The first-order valence-electron chi connectivity index (χ1n) is 12.4. The summed E-state index contributed by atoms with van der Waals surface area (Å²) in [5.74, 6) is 0.896. The van der Waals surface area contributed by atoms with E-state index in [0.717, 1.165) is 25.2 Å². The van der Waals surface area contributed by atoms with E-state index in [1.54, 1.807) is 5.31 Å².